The van der Waals surface area contributed by atoms with Crippen LogP contribution in [0.1, 0.15) is 36.2 Å². The summed E-state index contributed by atoms with van der Waals surface area (Å²) < 4.78 is 45.4. The van der Waals surface area contributed by atoms with E-state index in [2.05, 4.69) is 10.3 Å². The van der Waals surface area contributed by atoms with Gasteiger partial charge in [0.05, 0.1) is 28.3 Å². The molecule has 0 unspecified atom stereocenters. The lowest BCUT2D eigenvalue weighted by molar-refractivity contribution is -0.137. The zero-order valence-electron chi connectivity index (χ0n) is 17.1. The molecule has 0 atom stereocenters. The SMILES string of the molecule is CC(C)OCCCNC(=O)c1ccc2c(=O)n(-c3cccc(C(F)(F)F)c3)cnc2c1. The van der Waals surface area contributed by atoms with Gasteiger partial charge in [-0.3, -0.25) is 14.2 Å². The molecule has 1 heterocycles. The van der Waals surface area contributed by atoms with Crippen LogP contribution in [0, 0.1) is 0 Å². The number of fused-ring (bicyclic) bond motifs is 1. The first-order chi connectivity index (χ1) is 14.7. The van der Waals surface area contributed by atoms with Crippen LogP contribution < -0.4 is 10.9 Å². The van der Waals surface area contributed by atoms with Gasteiger partial charge < -0.3 is 10.1 Å². The predicted molar refractivity (Wildman–Crippen MR) is 110 cm³/mol. The standard InChI is InChI=1S/C22H22F3N3O3/c1-14(2)31-10-4-9-26-20(29)15-7-8-18-19(11-15)27-13-28(21(18)30)17-6-3-5-16(12-17)22(23,24)25/h3,5-8,11-14H,4,9-10H2,1-2H3,(H,26,29). The number of rotatable bonds is 7. The third-order valence-electron chi connectivity index (χ3n) is 4.53. The van der Waals surface area contributed by atoms with Gasteiger partial charge in [0.25, 0.3) is 11.5 Å². The molecule has 9 heteroatoms. The first kappa shape index (κ1) is 22.5. The van der Waals surface area contributed by atoms with Crippen LogP contribution in [0.15, 0.2) is 53.6 Å². The molecule has 0 radical (unpaired) electrons. The van der Waals surface area contributed by atoms with Crippen LogP contribution in [0.25, 0.3) is 16.6 Å². The molecule has 0 aliphatic carbocycles. The highest BCUT2D eigenvalue weighted by atomic mass is 19.4. The van der Waals surface area contributed by atoms with E-state index < -0.39 is 17.3 Å². The molecule has 6 nitrogen and oxygen atoms in total. The number of aromatic nitrogens is 2. The lowest BCUT2D eigenvalue weighted by atomic mass is 10.1. The van der Waals surface area contributed by atoms with Crippen molar-refractivity contribution in [2.24, 2.45) is 0 Å². The molecule has 0 fully saturated rings. The van der Waals surface area contributed by atoms with Crippen LogP contribution >= 0.6 is 0 Å². The molecule has 1 aromatic heterocycles. The summed E-state index contributed by atoms with van der Waals surface area (Å²) in [5.41, 5.74) is -0.713. The van der Waals surface area contributed by atoms with Crippen molar-refractivity contribution in [2.45, 2.75) is 32.5 Å². The first-order valence-electron chi connectivity index (χ1n) is 9.75. The molecule has 0 saturated heterocycles. The van der Waals surface area contributed by atoms with Gasteiger partial charge in [0.2, 0.25) is 0 Å². The van der Waals surface area contributed by atoms with Crippen molar-refractivity contribution in [1.29, 1.82) is 0 Å². The van der Waals surface area contributed by atoms with E-state index in [0.29, 0.717) is 25.1 Å². The van der Waals surface area contributed by atoms with E-state index in [0.717, 1.165) is 23.0 Å². The molecule has 0 aliphatic rings. The highest BCUT2D eigenvalue weighted by Gasteiger charge is 2.30. The van der Waals surface area contributed by atoms with Gasteiger partial charge in [0.1, 0.15) is 6.33 Å². The molecule has 3 aromatic rings. The molecule has 164 valence electrons. The van der Waals surface area contributed by atoms with E-state index in [9.17, 15) is 22.8 Å². The van der Waals surface area contributed by atoms with E-state index in [4.69, 9.17) is 4.74 Å². The number of halogens is 3. The fraction of sp³-hybridized carbons (Fsp3) is 0.318. The van der Waals surface area contributed by atoms with Crippen LogP contribution in [0.5, 0.6) is 0 Å². The number of carbonyl (C=O) groups is 1. The molecule has 0 saturated carbocycles. The van der Waals surface area contributed by atoms with Crippen molar-refractivity contribution in [3.63, 3.8) is 0 Å². The number of hydrogen-bond donors (Lipinski definition) is 1. The molecule has 3 rings (SSSR count). The number of carbonyl (C=O) groups excluding carboxylic acids is 1. The quantitative estimate of drug-likeness (QED) is 0.573. The van der Waals surface area contributed by atoms with E-state index in [1.807, 2.05) is 13.8 Å². The van der Waals surface area contributed by atoms with Gasteiger partial charge in [-0.05, 0) is 56.7 Å². The normalized spacial score (nSPS) is 11.8. The molecule has 0 spiro atoms. The van der Waals surface area contributed by atoms with Gasteiger partial charge in [0, 0.05) is 18.7 Å². The van der Waals surface area contributed by atoms with Gasteiger partial charge in [-0.1, -0.05) is 6.07 Å². The average Bonchev–Trinajstić information content (AvgIpc) is 2.72. The van der Waals surface area contributed by atoms with Gasteiger partial charge in [-0.2, -0.15) is 13.2 Å². The Morgan fingerprint density at radius 3 is 2.68 bits per heavy atom. The van der Waals surface area contributed by atoms with Gasteiger partial charge in [-0.25, -0.2) is 4.98 Å². The second-order valence-corrected chi connectivity index (χ2v) is 7.23. The fourth-order valence-corrected chi connectivity index (χ4v) is 2.97. The molecule has 0 bridgehead atoms. The van der Waals surface area contributed by atoms with Crippen molar-refractivity contribution < 1.29 is 22.7 Å². The topological polar surface area (TPSA) is 73.2 Å². The van der Waals surface area contributed by atoms with E-state index >= 15 is 0 Å². The zero-order chi connectivity index (χ0) is 22.6. The third kappa shape index (κ3) is 5.49. The Kier molecular flexibility index (Phi) is 6.74. The number of nitrogens with one attached hydrogen (secondary N) is 1. The lowest BCUT2D eigenvalue weighted by Gasteiger charge is -2.11. The van der Waals surface area contributed by atoms with Gasteiger partial charge in [-0.15, -0.1) is 0 Å². The maximum absolute atomic E-state index is 13.0. The predicted octanol–water partition coefficient (Wildman–Crippen LogP) is 3.95. The van der Waals surface area contributed by atoms with E-state index in [1.165, 1.54) is 30.3 Å². The van der Waals surface area contributed by atoms with Crippen molar-refractivity contribution in [1.82, 2.24) is 14.9 Å². The van der Waals surface area contributed by atoms with Gasteiger partial charge in [0.15, 0.2) is 0 Å². The second-order valence-electron chi connectivity index (χ2n) is 7.23. The summed E-state index contributed by atoms with van der Waals surface area (Å²) in [7, 11) is 0. The van der Waals surface area contributed by atoms with Gasteiger partial charge >= 0.3 is 6.18 Å². The molecule has 2 aromatic carbocycles. The molecule has 1 amide bonds. The molecule has 31 heavy (non-hydrogen) atoms. The van der Waals surface area contributed by atoms with E-state index in [1.54, 1.807) is 0 Å². The minimum atomic E-state index is -4.52. The van der Waals surface area contributed by atoms with E-state index in [-0.39, 0.29) is 28.6 Å². The van der Waals surface area contributed by atoms with Crippen LogP contribution in [-0.2, 0) is 10.9 Å². The number of ether oxygens (including phenoxy) is 1. The highest BCUT2D eigenvalue weighted by Crippen LogP contribution is 2.30. The number of amides is 1. The highest BCUT2D eigenvalue weighted by molar-refractivity contribution is 5.97. The van der Waals surface area contributed by atoms with Crippen LogP contribution in [0.3, 0.4) is 0 Å². The summed E-state index contributed by atoms with van der Waals surface area (Å²) in [6.07, 6.45) is -2.57. The number of hydrogen-bond acceptors (Lipinski definition) is 4. The van der Waals surface area contributed by atoms with Crippen LogP contribution in [0.4, 0.5) is 13.2 Å². The summed E-state index contributed by atoms with van der Waals surface area (Å²) >= 11 is 0. The van der Waals surface area contributed by atoms with Crippen LogP contribution in [-0.4, -0.2) is 34.7 Å². The molecule has 0 aliphatic heterocycles. The summed E-state index contributed by atoms with van der Waals surface area (Å²) in [5, 5.41) is 2.97. The minimum absolute atomic E-state index is 0.0552. The maximum Gasteiger partial charge on any atom is 0.416 e. The largest absolute Gasteiger partial charge is 0.416 e. The second kappa shape index (κ2) is 9.30. The molecular weight excluding hydrogens is 411 g/mol. The van der Waals surface area contributed by atoms with Crippen molar-refractivity contribution in [3.8, 4) is 5.69 Å². The third-order valence-corrected chi connectivity index (χ3v) is 4.53. The Bertz CT molecular complexity index is 1140. The van der Waals surface area contributed by atoms with Crippen molar-refractivity contribution in [2.75, 3.05) is 13.2 Å². The smallest absolute Gasteiger partial charge is 0.379 e. The monoisotopic (exact) mass is 433 g/mol. The summed E-state index contributed by atoms with van der Waals surface area (Å²) in [6, 6.07) is 8.87. The minimum Gasteiger partial charge on any atom is -0.379 e. The number of benzene rings is 2. The summed E-state index contributed by atoms with van der Waals surface area (Å²) in [6.45, 7) is 4.84. The molecule has 1 N–H and O–H groups in total. The number of nitrogens with zero attached hydrogens (tertiary/aromatic N) is 2. The Morgan fingerprint density at radius 2 is 1.97 bits per heavy atom. The zero-order valence-corrected chi connectivity index (χ0v) is 17.1. The Labute approximate surface area is 176 Å². The van der Waals surface area contributed by atoms with Crippen molar-refractivity contribution >= 4 is 16.8 Å². The summed E-state index contributed by atoms with van der Waals surface area (Å²) in [4.78, 5) is 29.3. The van der Waals surface area contributed by atoms with Crippen molar-refractivity contribution in [3.05, 3.63) is 70.3 Å². The Hall–Kier alpha value is -3.20. The molecular formula is C22H22F3N3O3. The summed E-state index contributed by atoms with van der Waals surface area (Å²) in [5.74, 6) is -0.310. The Morgan fingerprint density at radius 1 is 1.19 bits per heavy atom. The fourth-order valence-electron chi connectivity index (χ4n) is 2.97. The first-order valence-corrected chi connectivity index (χ1v) is 9.75. The average molecular weight is 433 g/mol. The van der Waals surface area contributed by atoms with Crippen LogP contribution in [0.2, 0.25) is 0 Å². The lowest BCUT2D eigenvalue weighted by Crippen LogP contribution is -2.26. The maximum atomic E-state index is 13.0. The number of alkyl halides is 3. The Balaban J connectivity index is 1.80.